The lowest BCUT2D eigenvalue weighted by atomic mass is 10.1. The Morgan fingerprint density at radius 1 is 1.10 bits per heavy atom. The molecular weight excluding hydrogens is 372 g/mol. The summed E-state index contributed by atoms with van der Waals surface area (Å²) in [7, 11) is 1.58. The van der Waals surface area contributed by atoms with Crippen LogP contribution in [0.4, 0.5) is 0 Å². The summed E-state index contributed by atoms with van der Waals surface area (Å²) >= 11 is 0. The molecular formula is C23H24O6. The predicted molar refractivity (Wildman–Crippen MR) is 111 cm³/mol. The van der Waals surface area contributed by atoms with Crippen molar-refractivity contribution in [2.24, 2.45) is 0 Å². The summed E-state index contributed by atoms with van der Waals surface area (Å²) in [5.74, 6) is 0.365. The number of carbonyl (C=O) groups is 1. The third-order valence-corrected chi connectivity index (χ3v) is 4.59. The highest BCUT2D eigenvalue weighted by molar-refractivity contribution is 5.83. The summed E-state index contributed by atoms with van der Waals surface area (Å²) in [6.45, 7) is 5.49. The summed E-state index contributed by atoms with van der Waals surface area (Å²) in [4.78, 5) is 25.3. The van der Waals surface area contributed by atoms with Crippen LogP contribution in [0.25, 0.3) is 22.3 Å². The van der Waals surface area contributed by atoms with Crippen LogP contribution in [0, 0.1) is 0 Å². The average Bonchev–Trinajstić information content (AvgIpc) is 2.75. The van der Waals surface area contributed by atoms with Crippen molar-refractivity contribution in [1.29, 1.82) is 0 Å². The quantitative estimate of drug-likeness (QED) is 0.553. The molecule has 0 aliphatic rings. The molecule has 6 nitrogen and oxygen atoms in total. The van der Waals surface area contributed by atoms with Gasteiger partial charge >= 0.3 is 5.97 Å². The van der Waals surface area contributed by atoms with Crippen molar-refractivity contribution in [1.82, 2.24) is 0 Å². The Hall–Kier alpha value is -3.28. The highest BCUT2D eigenvalue weighted by Gasteiger charge is 2.24. The van der Waals surface area contributed by atoms with Gasteiger partial charge in [0, 0.05) is 5.56 Å². The standard InChI is InChI=1S/C23H24O6/c1-5-15-7-12-19-18(13-15)20(24)22(28-14(3)23(25)27-6-2)21(29-19)16-8-10-17(26-4)11-9-16/h7-14H,5-6H2,1-4H3. The summed E-state index contributed by atoms with van der Waals surface area (Å²) in [6.07, 6.45) is -0.174. The molecule has 2 aromatic carbocycles. The van der Waals surface area contributed by atoms with Crippen molar-refractivity contribution in [3.05, 3.63) is 58.3 Å². The summed E-state index contributed by atoms with van der Waals surface area (Å²) in [6, 6.07) is 12.6. The molecule has 0 amide bonds. The van der Waals surface area contributed by atoms with Gasteiger partial charge in [-0.3, -0.25) is 4.79 Å². The Bertz CT molecular complexity index is 1070. The number of methoxy groups -OCH3 is 1. The van der Waals surface area contributed by atoms with Gasteiger partial charge in [-0.25, -0.2) is 4.79 Å². The van der Waals surface area contributed by atoms with E-state index in [0.717, 1.165) is 12.0 Å². The normalized spacial score (nSPS) is 11.9. The van der Waals surface area contributed by atoms with Gasteiger partial charge in [-0.1, -0.05) is 13.0 Å². The number of aryl methyl sites for hydroxylation is 1. The minimum absolute atomic E-state index is 0.0172. The molecule has 1 unspecified atom stereocenters. The lowest BCUT2D eigenvalue weighted by Crippen LogP contribution is -2.28. The Balaban J connectivity index is 2.18. The van der Waals surface area contributed by atoms with Crippen LogP contribution < -0.4 is 14.9 Å². The zero-order valence-electron chi connectivity index (χ0n) is 17.0. The first-order chi connectivity index (χ1) is 14.0. The molecule has 0 aliphatic carbocycles. The predicted octanol–water partition coefficient (Wildman–Crippen LogP) is 4.36. The van der Waals surface area contributed by atoms with Gasteiger partial charge < -0.3 is 18.6 Å². The number of rotatable bonds is 7. The third kappa shape index (κ3) is 4.26. The lowest BCUT2D eigenvalue weighted by Gasteiger charge is -2.16. The third-order valence-electron chi connectivity index (χ3n) is 4.59. The molecule has 0 radical (unpaired) electrons. The van der Waals surface area contributed by atoms with E-state index in [0.29, 0.717) is 22.3 Å². The maximum absolute atomic E-state index is 13.3. The zero-order chi connectivity index (χ0) is 21.0. The van der Waals surface area contributed by atoms with Gasteiger partial charge in [0.15, 0.2) is 11.9 Å². The van der Waals surface area contributed by atoms with Crippen molar-refractivity contribution < 1.29 is 23.4 Å². The molecule has 0 saturated carbocycles. The van der Waals surface area contributed by atoms with Crippen molar-refractivity contribution in [3.8, 4) is 22.8 Å². The topological polar surface area (TPSA) is 75.0 Å². The first-order valence-corrected chi connectivity index (χ1v) is 9.55. The fourth-order valence-corrected chi connectivity index (χ4v) is 2.97. The molecule has 3 rings (SSSR count). The van der Waals surface area contributed by atoms with E-state index >= 15 is 0 Å². The number of carbonyl (C=O) groups excluding carboxylic acids is 1. The van der Waals surface area contributed by atoms with E-state index < -0.39 is 12.1 Å². The van der Waals surface area contributed by atoms with E-state index in [1.54, 1.807) is 57.4 Å². The van der Waals surface area contributed by atoms with Crippen molar-refractivity contribution in [2.45, 2.75) is 33.3 Å². The molecule has 152 valence electrons. The molecule has 1 atom stereocenters. The molecule has 1 aromatic heterocycles. The van der Waals surface area contributed by atoms with Gasteiger partial charge in [-0.2, -0.15) is 0 Å². The first-order valence-electron chi connectivity index (χ1n) is 9.55. The molecule has 3 aromatic rings. The molecule has 0 aliphatic heterocycles. The van der Waals surface area contributed by atoms with Crippen LogP contribution >= 0.6 is 0 Å². The van der Waals surface area contributed by atoms with E-state index in [-0.39, 0.29) is 23.5 Å². The van der Waals surface area contributed by atoms with Gasteiger partial charge in [-0.05, 0) is 62.2 Å². The SMILES string of the molecule is CCOC(=O)C(C)Oc1c(-c2ccc(OC)cc2)oc2ccc(CC)cc2c1=O. The van der Waals surface area contributed by atoms with Crippen LogP contribution in [0.5, 0.6) is 11.5 Å². The minimum Gasteiger partial charge on any atom is -0.497 e. The second kappa shape index (κ2) is 8.82. The summed E-state index contributed by atoms with van der Waals surface area (Å²) < 4.78 is 22.0. The molecule has 0 fully saturated rings. The fraction of sp³-hybridized carbons (Fsp3) is 0.304. The summed E-state index contributed by atoms with van der Waals surface area (Å²) in [5, 5.41) is 0.410. The minimum atomic E-state index is -0.957. The van der Waals surface area contributed by atoms with Gasteiger partial charge in [0.2, 0.25) is 11.2 Å². The number of hydrogen-bond donors (Lipinski definition) is 0. The average molecular weight is 396 g/mol. The smallest absolute Gasteiger partial charge is 0.347 e. The monoisotopic (exact) mass is 396 g/mol. The van der Waals surface area contributed by atoms with Gasteiger partial charge in [-0.15, -0.1) is 0 Å². The van der Waals surface area contributed by atoms with E-state index in [4.69, 9.17) is 18.6 Å². The Morgan fingerprint density at radius 2 is 1.83 bits per heavy atom. The number of hydrogen-bond acceptors (Lipinski definition) is 6. The van der Waals surface area contributed by atoms with E-state index in [9.17, 15) is 9.59 Å². The number of ether oxygens (including phenoxy) is 3. The van der Waals surface area contributed by atoms with Crippen LogP contribution in [-0.4, -0.2) is 25.8 Å². The van der Waals surface area contributed by atoms with Crippen molar-refractivity contribution >= 4 is 16.9 Å². The maximum atomic E-state index is 13.3. The Morgan fingerprint density at radius 3 is 2.45 bits per heavy atom. The summed E-state index contributed by atoms with van der Waals surface area (Å²) in [5.41, 5.74) is 1.76. The van der Waals surface area contributed by atoms with Gasteiger partial charge in [0.05, 0.1) is 19.1 Å². The Kier molecular flexibility index (Phi) is 6.22. The molecule has 0 N–H and O–H groups in total. The van der Waals surface area contributed by atoms with Gasteiger partial charge in [0.1, 0.15) is 11.3 Å². The highest BCUT2D eigenvalue weighted by Crippen LogP contribution is 2.33. The van der Waals surface area contributed by atoms with E-state index in [1.807, 2.05) is 13.0 Å². The van der Waals surface area contributed by atoms with Crippen LogP contribution in [0.2, 0.25) is 0 Å². The molecule has 1 heterocycles. The lowest BCUT2D eigenvalue weighted by molar-refractivity contribution is -0.150. The number of benzene rings is 2. The molecule has 6 heteroatoms. The highest BCUT2D eigenvalue weighted by atomic mass is 16.6. The van der Waals surface area contributed by atoms with Crippen LogP contribution in [0.3, 0.4) is 0 Å². The van der Waals surface area contributed by atoms with E-state index in [1.165, 1.54) is 0 Å². The van der Waals surface area contributed by atoms with E-state index in [2.05, 4.69) is 0 Å². The van der Waals surface area contributed by atoms with Crippen LogP contribution in [0.1, 0.15) is 26.3 Å². The molecule has 0 saturated heterocycles. The first kappa shape index (κ1) is 20.5. The molecule has 0 bridgehead atoms. The number of fused-ring (bicyclic) bond motifs is 1. The Labute approximate surface area is 169 Å². The second-order valence-corrected chi connectivity index (χ2v) is 6.51. The zero-order valence-corrected chi connectivity index (χ0v) is 17.0. The molecule has 0 spiro atoms. The van der Waals surface area contributed by atoms with Crippen molar-refractivity contribution in [2.75, 3.05) is 13.7 Å². The van der Waals surface area contributed by atoms with Crippen LogP contribution in [0.15, 0.2) is 51.7 Å². The van der Waals surface area contributed by atoms with Gasteiger partial charge in [0.25, 0.3) is 0 Å². The maximum Gasteiger partial charge on any atom is 0.347 e. The fourth-order valence-electron chi connectivity index (χ4n) is 2.97. The van der Waals surface area contributed by atoms with Crippen molar-refractivity contribution in [3.63, 3.8) is 0 Å². The number of esters is 1. The largest absolute Gasteiger partial charge is 0.497 e. The van der Waals surface area contributed by atoms with Crippen LogP contribution in [-0.2, 0) is 16.0 Å². The molecule has 29 heavy (non-hydrogen) atoms. The second-order valence-electron chi connectivity index (χ2n) is 6.51.